The molecule has 1 aliphatic heterocycles. The largest absolute Gasteiger partial charge is 0.296 e. The van der Waals surface area contributed by atoms with Gasteiger partial charge in [-0.2, -0.15) is 0 Å². The average molecular weight is 269 g/mol. The molecule has 0 spiro atoms. The molecular formula is C18H23NO. The van der Waals surface area contributed by atoms with Gasteiger partial charge < -0.3 is 0 Å². The SMILES string of the molecule is O=C(CN1CCCC1)c1c2c(cc3c1CCC3)CCC2. The molecule has 0 saturated carbocycles. The fourth-order valence-corrected chi connectivity index (χ4v) is 4.38. The summed E-state index contributed by atoms with van der Waals surface area (Å²) in [5, 5.41) is 0. The maximum Gasteiger partial charge on any atom is 0.177 e. The molecular weight excluding hydrogens is 246 g/mol. The molecule has 4 rings (SSSR count). The smallest absolute Gasteiger partial charge is 0.177 e. The van der Waals surface area contributed by atoms with Gasteiger partial charge in [-0.1, -0.05) is 6.07 Å². The van der Waals surface area contributed by atoms with Crippen molar-refractivity contribution in [1.82, 2.24) is 4.90 Å². The monoisotopic (exact) mass is 269 g/mol. The molecule has 2 heteroatoms. The first-order valence-electron chi connectivity index (χ1n) is 8.25. The van der Waals surface area contributed by atoms with Gasteiger partial charge in [-0.15, -0.1) is 0 Å². The number of carbonyl (C=O) groups excluding carboxylic acids is 1. The second kappa shape index (κ2) is 5.00. The predicted octanol–water partition coefficient (Wildman–Crippen LogP) is 2.94. The van der Waals surface area contributed by atoms with Crippen LogP contribution in [-0.4, -0.2) is 30.3 Å². The first-order chi connectivity index (χ1) is 9.83. The molecule has 3 aliphatic rings. The first kappa shape index (κ1) is 12.6. The topological polar surface area (TPSA) is 20.3 Å². The van der Waals surface area contributed by atoms with Gasteiger partial charge in [0.15, 0.2) is 5.78 Å². The number of carbonyl (C=O) groups is 1. The number of fused-ring (bicyclic) bond motifs is 2. The van der Waals surface area contributed by atoms with E-state index in [1.807, 2.05) is 0 Å². The Labute approximate surface area is 121 Å². The molecule has 2 nitrogen and oxygen atoms in total. The number of hydrogen-bond donors (Lipinski definition) is 0. The maximum absolute atomic E-state index is 12.9. The van der Waals surface area contributed by atoms with Crippen LogP contribution in [0.15, 0.2) is 6.07 Å². The Kier molecular flexibility index (Phi) is 3.14. The summed E-state index contributed by atoms with van der Waals surface area (Å²) in [6.07, 6.45) is 9.63. The van der Waals surface area contributed by atoms with Crippen LogP contribution >= 0.6 is 0 Å². The van der Waals surface area contributed by atoms with Gasteiger partial charge in [-0.3, -0.25) is 9.69 Å². The summed E-state index contributed by atoms with van der Waals surface area (Å²) in [7, 11) is 0. The molecule has 1 fully saturated rings. The fraction of sp³-hybridized carbons (Fsp3) is 0.611. The van der Waals surface area contributed by atoms with Crippen molar-refractivity contribution < 1.29 is 4.79 Å². The van der Waals surface area contributed by atoms with Crippen molar-refractivity contribution in [1.29, 1.82) is 0 Å². The molecule has 1 saturated heterocycles. The summed E-state index contributed by atoms with van der Waals surface area (Å²) in [5.41, 5.74) is 6.94. The summed E-state index contributed by atoms with van der Waals surface area (Å²) >= 11 is 0. The molecule has 106 valence electrons. The normalized spacial score (nSPS) is 21.2. The second-order valence-corrected chi connectivity index (χ2v) is 6.64. The molecule has 2 aliphatic carbocycles. The van der Waals surface area contributed by atoms with Gasteiger partial charge in [-0.05, 0) is 86.7 Å². The third-order valence-electron chi connectivity index (χ3n) is 5.32. The maximum atomic E-state index is 12.9. The summed E-state index contributed by atoms with van der Waals surface area (Å²) in [5.74, 6) is 0.406. The number of Topliss-reactive ketones (excluding diaryl/α,β-unsaturated/α-hetero) is 1. The van der Waals surface area contributed by atoms with Crippen LogP contribution in [0.4, 0.5) is 0 Å². The van der Waals surface area contributed by atoms with Crippen molar-refractivity contribution in [3.8, 4) is 0 Å². The lowest BCUT2D eigenvalue weighted by Gasteiger charge is -2.18. The molecule has 1 aromatic carbocycles. The quantitative estimate of drug-likeness (QED) is 0.786. The van der Waals surface area contributed by atoms with Crippen LogP contribution < -0.4 is 0 Å². The van der Waals surface area contributed by atoms with Crippen molar-refractivity contribution >= 4 is 5.78 Å². The lowest BCUT2D eigenvalue weighted by atomic mass is 9.91. The third-order valence-corrected chi connectivity index (χ3v) is 5.32. The number of ketones is 1. The molecule has 0 N–H and O–H groups in total. The van der Waals surface area contributed by atoms with Crippen LogP contribution in [0.2, 0.25) is 0 Å². The van der Waals surface area contributed by atoms with E-state index in [-0.39, 0.29) is 0 Å². The highest BCUT2D eigenvalue weighted by atomic mass is 16.1. The van der Waals surface area contributed by atoms with E-state index in [9.17, 15) is 4.79 Å². The third kappa shape index (κ3) is 2.01. The Morgan fingerprint density at radius 2 is 1.50 bits per heavy atom. The van der Waals surface area contributed by atoms with Gasteiger partial charge in [0.25, 0.3) is 0 Å². The zero-order chi connectivity index (χ0) is 13.5. The Morgan fingerprint density at radius 3 is 2.10 bits per heavy atom. The van der Waals surface area contributed by atoms with Crippen LogP contribution in [0.1, 0.15) is 58.3 Å². The Hall–Kier alpha value is -1.15. The Balaban J connectivity index is 1.71. The van der Waals surface area contributed by atoms with Crippen LogP contribution in [0, 0.1) is 0 Å². The molecule has 0 amide bonds. The van der Waals surface area contributed by atoms with E-state index in [4.69, 9.17) is 0 Å². The number of rotatable bonds is 3. The number of nitrogens with zero attached hydrogens (tertiary/aromatic N) is 1. The lowest BCUT2D eigenvalue weighted by Crippen LogP contribution is -2.28. The van der Waals surface area contributed by atoms with E-state index in [1.165, 1.54) is 60.8 Å². The average Bonchev–Trinajstić information content (AvgIpc) is 3.15. The zero-order valence-corrected chi connectivity index (χ0v) is 12.2. The number of benzene rings is 1. The number of likely N-dealkylation sites (tertiary alicyclic amines) is 1. The molecule has 1 heterocycles. The second-order valence-electron chi connectivity index (χ2n) is 6.64. The minimum absolute atomic E-state index is 0.406. The van der Waals surface area contributed by atoms with E-state index < -0.39 is 0 Å². The highest BCUT2D eigenvalue weighted by molar-refractivity contribution is 6.01. The highest BCUT2D eigenvalue weighted by Gasteiger charge is 2.28. The fourth-order valence-electron chi connectivity index (χ4n) is 4.38. The van der Waals surface area contributed by atoms with Crippen molar-refractivity contribution in [2.24, 2.45) is 0 Å². The molecule has 1 aromatic rings. The standard InChI is InChI=1S/C18H23NO/c20-17(12-19-9-1-2-10-19)18-15-7-3-5-13(15)11-14-6-4-8-16(14)18/h11H,1-10,12H2. The van der Waals surface area contributed by atoms with E-state index in [2.05, 4.69) is 11.0 Å². The summed E-state index contributed by atoms with van der Waals surface area (Å²) in [6.45, 7) is 2.88. The number of hydrogen-bond acceptors (Lipinski definition) is 2. The number of aryl methyl sites for hydroxylation is 2. The lowest BCUT2D eigenvalue weighted by molar-refractivity contribution is 0.0943. The molecule has 0 atom stereocenters. The zero-order valence-electron chi connectivity index (χ0n) is 12.2. The van der Waals surface area contributed by atoms with Crippen molar-refractivity contribution in [2.75, 3.05) is 19.6 Å². The van der Waals surface area contributed by atoms with Crippen LogP contribution in [-0.2, 0) is 25.7 Å². The van der Waals surface area contributed by atoms with Crippen LogP contribution in [0.25, 0.3) is 0 Å². The Bertz CT molecular complexity index is 523. The van der Waals surface area contributed by atoms with Crippen molar-refractivity contribution in [3.05, 3.63) is 33.9 Å². The van der Waals surface area contributed by atoms with Crippen molar-refractivity contribution in [2.45, 2.75) is 51.4 Å². The molecule has 20 heavy (non-hydrogen) atoms. The molecule has 0 aromatic heterocycles. The van der Waals surface area contributed by atoms with Crippen molar-refractivity contribution in [3.63, 3.8) is 0 Å². The van der Waals surface area contributed by atoms with Gasteiger partial charge in [0.2, 0.25) is 0 Å². The van der Waals surface area contributed by atoms with Gasteiger partial charge in [0, 0.05) is 5.56 Å². The van der Waals surface area contributed by atoms with Crippen LogP contribution in [0.3, 0.4) is 0 Å². The van der Waals surface area contributed by atoms with E-state index >= 15 is 0 Å². The molecule has 0 radical (unpaired) electrons. The molecule has 0 bridgehead atoms. The van der Waals surface area contributed by atoms with Gasteiger partial charge in [0.05, 0.1) is 6.54 Å². The van der Waals surface area contributed by atoms with Gasteiger partial charge in [0.1, 0.15) is 0 Å². The minimum atomic E-state index is 0.406. The van der Waals surface area contributed by atoms with E-state index in [1.54, 1.807) is 0 Å². The highest BCUT2D eigenvalue weighted by Crippen LogP contribution is 2.35. The predicted molar refractivity (Wildman–Crippen MR) is 80.5 cm³/mol. The van der Waals surface area contributed by atoms with E-state index in [0.717, 1.165) is 31.5 Å². The summed E-state index contributed by atoms with van der Waals surface area (Å²) in [6, 6.07) is 2.41. The van der Waals surface area contributed by atoms with E-state index in [0.29, 0.717) is 12.3 Å². The van der Waals surface area contributed by atoms with Crippen LogP contribution in [0.5, 0.6) is 0 Å². The summed E-state index contributed by atoms with van der Waals surface area (Å²) in [4.78, 5) is 15.2. The first-order valence-corrected chi connectivity index (χ1v) is 8.25. The Morgan fingerprint density at radius 1 is 0.900 bits per heavy atom. The van der Waals surface area contributed by atoms with Gasteiger partial charge >= 0.3 is 0 Å². The minimum Gasteiger partial charge on any atom is -0.296 e. The summed E-state index contributed by atoms with van der Waals surface area (Å²) < 4.78 is 0. The van der Waals surface area contributed by atoms with Gasteiger partial charge in [-0.25, -0.2) is 0 Å². The molecule has 0 unspecified atom stereocenters.